The predicted octanol–water partition coefficient (Wildman–Crippen LogP) is -1.47. The molecule has 0 spiro atoms. The maximum atomic E-state index is 12.0. The smallest absolute Gasteiger partial charge is 0.387 e. The molecule has 21 heteroatoms. The Balaban J connectivity index is 2.24. The summed E-state index contributed by atoms with van der Waals surface area (Å²) < 4.78 is 51.2. The lowest BCUT2D eigenvalue weighted by Gasteiger charge is -2.24. The molecule has 0 aliphatic carbocycles. The Hall–Kier alpha value is -1.21. The normalized spacial score (nSPS) is 29.5. The van der Waals surface area contributed by atoms with Gasteiger partial charge in [0.25, 0.3) is 5.56 Å². The standard InChI is InChI=1S/C11H15ClN3O14P3/c1-2-3-11(12)8(17)6(27-9(11)15-10(18)14-7(16)4-13-15)5-26-31(22,23)29-32(24,25)28-30(19,20)21/h4,6,8-9,17H,5H2,1H3,(H,22,23)(H,24,25)(H,14,16,18)(H2,19,20,21)/t6-,8+,9-,11?/m1/s1. The molecule has 0 radical (unpaired) electrons. The van der Waals surface area contributed by atoms with Gasteiger partial charge in [0.2, 0.25) is 0 Å². The van der Waals surface area contributed by atoms with Crippen molar-refractivity contribution in [1.82, 2.24) is 14.8 Å². The van der Waals surface area contributed by atoms with Gasteiger partial charge < -0.3 is 29.4 Å². The maximum absolute atomic E-state index is 12.0. The zero-order chi connectivity index (χ0) is 24.5. The summed E-state index contributed by atoms with van der Waals surface area (Å²) in [6, 6.07) is 0. The van der Waals surface area contributed by atoms with Gasteiger partial charge in [0.15, 0.2) is 11.1 Å². The van der Waals surface area contributed by atoms with E-state index in [-0.39, 0.29) is 0 Å². The minimum Gasteiger partial charge on any atom is -0.387 e. The van der Waals surface area contributed by atoms with Gasteiger partial charge in [-0.3, -0.25) is 14.3 Å². The van der Waals surface area contributed by atoms with Crippen molar-refractivity contribution < 1.29 is 56.3 Å². The van der Waals surface area contributed by atoms with Gasteiger partial charge in [-0.25, -0.2) is 18.5 Å². The van der Waals surface area contributed by atoms with Crippen LogP contribution in [0.3, 0.4) is 0 Å². The monoisotopic (exact) mass is 541 g/mol. The van der Waals surface area contributed by atoms with E-state index in [0.29, 0.717) is 10.9 Å². The first-order valence-electron chi connectivity index (χ1n) is 7.92. The van der Waals surface area contributed by atoms with Crippen LogP contribution in [0.2, 0.25) is 0 Å². The summed E-state index contributed by atoms with van der Waals surface area (Å²) in [6.07, 6.45) is -4.39. The summed E-state index contributed by atoms with van der Waals surface area (Å²) >= 11 is 6.31. The van der Waals surface area contributed by atoms with Gasteiger partial charge in [0.05, 0.1) is 6.61 Å². The first kappa shape index (κ1) is 27.0. The van der Waals surface area contributed by atoms with Crippen molar-refractivity contribution in [2.75, 3.05) is 6.61 Å². The Morgan fingerprint density at radius 2 is 1.88 bits per heavy atom. The lowest BCUT2D eigenvalue weighted by Crippen LogP contribution is -2.45. The number of aliphatic hydroxyl groups is 1. The van der Waals surface area contributed by atoms with Crippen LogP contribution in [0, 0.1) is 11.8 Å². The number of phosphoric acid groups is 3. The molecule has 1 aromatic rings. The number of rotatable bonds is 8. The number of hydrogen-bond donors (Lipinski definition) is 6. The zero-order valence-electron chi connectivity index (χ0n) is 15.5. The van der Waals surface area contributed by atoms with Crippen LogP contribution in [0.15, 0.2) is 15.8 Å². The lowest BCUT2D eigenvalue weighted by atomic mass is 9.99. The summed E-state index contributed by atoms with van der Waals surface area (Å²) in [6.45, 7) is 0.260. The third-order valence-electron chi connectivity index (χ3n) is 3.54. The van der Waals surface area contributed by atoms with Crippen LogP contribution < -0.4 is 11.2 Å². The fourth-order valence-electron chi connectivity index (χ4n) is 2.45. The highest BCUT2D eigenvalue weighted by Crippen LogP contribution is 2.66. The summed E-state index contributed by atoms with van der Waals surface area (Å²) in [7, 11) is -16.9. The molecule has 6 atom stereocenters. The van der Waals surface area contributed by atoms with Crippen molar-refractivity contribution >= 4 is 35.1 Å². The molecule has 2 heterocycles. The molecular formula is C11H15ClN3O14P3. The van der Waals surface area contributed by atoms with E-state index >= 15 is 0 Å². The van der Waals surface area contributed by atoms with Gasteiger partial charge in [-0.2, -0.15) is 18.4 Å². The van der Waals surface area contributed by atoms with Crippen LogP contribution in [-0.2, 0) is 31.6 Å². The van der Waals surface area contributed by atoms with E-state index in [1.165, 1.54) is 6.92 Å². The van der Waals surface area contributed by atoms with E-state index in [4.69, 9.17) is 31.0 Å². The molecule has 1 aliphatic rings. The Labute approximate surface area is 182 Å². The number of aliphatic hydroxyl groups excluding tert-OH is 1. The van der Waals surface area contributed by atoms with Crippen LogP contribution >= 0.6 is 35.1 Å². The highest BCUT2D eigenvalue weighted by atomic mass is 35.5. The van der Waals surface area contributed by atoms with Gasteiger partial charge in [-0.1, -0.05) is 17.5 Å². The van der Waals surface area contributed by atoms with Gasteiger partial charge in [-0.15, -0.1) is 5.92 Å². The number of halogens is 1. The Kier molecular flexibility index (Phi) is 8.09. The van der Waals surface area contributed by atoms with Crippen molar-refractivity contribution in [1.29, 1.82) is 0 Å². The van der Waals surface area contributed by atoms with E-state index in [2.05, 4.69) is 30.1 Å². The highest BCUT2D eigenvalue weighted by Gasteiger charge is 2.57. The molecule has 0 aromatic carbocycles. The van der Waals surface area contributed by atoms with Crippen LogP contribution in [0.1, 0.15) is 13.2 Å². The molecule has 0 bridgehead atoms. The number of phosphoric ester groups is 1. The SMILES string of the molecule is CC#CC1(Cl)[C@@H](O)[C@@H](COP(=O)(O)OP(=O)(O)OP(=O)(O)O)O[C@H]1n1ncc(=O)[nH]c1=O. The van der Waals surface area contributed by atoms with E-state index in [0.717, 1.165) is 0 Å². The molecule has 32 heavy (non-hydrogen) atoms. The Morgan fingerprint density at radius 1 is 1.25 bits per heavy atom. The molecule has 1 aliphatic heterocycles. The van der Waals surface area contributed by atoms with Gasteiger partial charge in [-0.05, 0) is 6.92 Å². The van der Waals surface area contributed by atoms with Crippen LogP contribution in [0.4, 0.5) is 0 Å². The summed E-state index contributed by atoms with van der Waals surface area (Å²) in [5, 5.41) is 14.0. The Morgan fingerprint density at radius 3 is 2.41 bits per heavy atom. The van der Waals surface area contributed by atoms with Gasteiger partial charge >= 0.3 is 29.2 Å². The summed E-state index contributed by atoms with van der Waals surface area (Å²) in [4.78, 5) is 58.7. The number of aromatic nitrogens is 3. The number of nitrogens with zero attached hydrogens (tertiary/aromatic N) is 2. The lowest BCUT2D eigenvalue weighted by molar-refractivity contribution is -0.0504. The Bertz CT molecular complexity index is 1180. The average Bonchev–Trinajstić information content (AvgIpc) is 2.82. The molecule has 0 saturated carbocycles. The topological polar surface area (TPSA) is 257 Å². The molecule has 180 valence electrons. The second-order valence-corrected chi connectivity index (χ2v) is 10.9. The number of alkyl halides is 1. The fourth-order valence-corrected chi connectivity index (χ4v) is 5.86. The van der Waals surface area contributed by atoms with E-state index in [9.17, 15) is 33.3 Å². The third-order valence-corrected chi connectivity index (χ3v) is 7.85. The molecular weight excluding hydrogens is 527 g/mol. The number of ether oxygens (including phenoxy) is 1. The second kappa shape index (κ2) is 9.57. The van der Waals surface area contributed by atoms with Gasteiger partial charge in [0, 0.05) is 0 Å². The first-order valence-corrected chi connectivity index (χ1v) is 12.8. The van der Waals surface area contributed by atoms with E-state index in [1.54, 1.807) is 0 Å². The molecule has 6 N–H and O–H groups in total. The first-order chi connectivity index (χ1) is 14.5. The van der Waals surface area contributed by atoms with Crippen molar-refractivity contribution in [2.45, 2.75) is 30.2 Å². The third kappa shape index (κ3) is 6.66. The minimum absolute atomic E-state index is 0.535. The van der Waals surface area contributed by atoms with Crippen molar-refractivity contribution in [3.63, 3.8) is 0 Å². The quantitative estimate of drug-likeness (QED) is 0.125. The largest absolute Gasteiger partial charge is 0.490 e. The minimum atomic E-state index is -5.76. The summed E-state index contributed by atoms with van der Waals surface area (Å²) in [5.41, 5.74) is -1.94. The fraction of sp³-hybridized carbons (Fsp3) is 0.545. The molecule has 1 fully saturated rings. The molecule has 17 nitrogen and oxygen atoms in total. The number of aromatic amines is 1. The highest BCUT2D eigenvalue weighted by molar-refractivity contribution is 7.66. The molecule has 0 amide bonds. The van der Waals surface area contributed by atoms with Crippen LogP contribution in [0.5, 0.6) is 0 Å². The van der Waals surface area contributed by atoms with Crippen LogP contribution in [-0.4, -0.2) is 63.1 Å². The average molecular weight is 542 g/mol. The van der Waals surface area contributed by atoms with Crippen molar-refractivity contribution in [3.05, 3.63) is 27.0 Å². The maximum Gasteiger partial charge on any atom is 0.490 e. The number of hydrogen-bond acceptors (Lipinski definition) is 11. The number of nitrogens with one attached hydrogen (secondary N) is 1. The second-order valence-electron chi connectivity index (χ2n) is 5.89. The molecule has 2 rings (SSSR count). The molecule has 1 saturated heterocycles. The molecule has 3 unspecified atom stereocenters. The number of H-pyrrole nitrogens is 1. The summed E-state index contributed by atoms with van der Waals surface area (Å²) in [5.74, 6) is 4.78. The predicted molar refractivity (Wildman–Crippen MR) is 101 cm³/mol. The zero-order valence-corrected chi connectivity index (χ0v) is 19.0. The van der Waals surface area contributed by atoms with Crippen LogP contribution in [0.25, 0.3) is 0 Å². The van der Waals surface area contributed by atoms with E-state index < -0.39 is 64.6 Å². The van der Waals surface area contributed by atoms with Crippen molar-refractivity contribution in [2.24, 2.45) is 0 Å². The van der Waals surface area contributed by atoms with E-state index in [1.807, 2.05) is 4.98 Å². The van der Waals surface area contributed by atoms with Crippen molar-refractivity contribution in [3.8, 4) is 11.8 Å². The molecule has 1 aromatic heterocycles. The van der Waals surface area contributed by atoms with Gasteiger partial charge in [0.1, 0.15) is 18.4 Å².